The molecule has 0 aliphatic carbocycles. The summed E-state index contributed by atoms with van der Waals surface area (Å²) in [5, 5.41) is 15.6. The minimum atomic E-state index is 1.25. The van der Waals surface area contributed by atoms with Crippen LogP contribution in [0.15, 0.2) is 133 Å². The zero-order chi connectivity index (χ0) is 23.6. The lowest BCUT2D eigenvalue weighted by Gasteiger charge is -2.11. The van der Waals surface area contributed by atoms with Crippen molar-refractivity contribution >= 4 is 64.6 Å². The van der Waals surface area contributed by atoms with Crippen LogP contribution in [0, 0.1) is 0 Å². The monoisotopic (exact) mass is 454 g/mol. The average Bonchev–Trinajstić information content (AvgIpc) is 2.95. The second kappa shape index (κ2) is 7.41. The van der Waals surface area contributed by atoms with Gasteiger partial charge in [0.25, 0.3) is 0 Å². The van der Waals surface area contributed by atoms with Gasteiger partial charge in [0.1, 0.15) is 0 Å². The lowest BCUT2D eigenvalue weighted by Crippen LogP contribution is -1.84. The fourth-order valence-electron chi connectivity index (χ4n) is 6.02. The van der Waals surface area contributed by atoms with Crippen LogP contribution in [0.4, 0.5) is 0 Å². The summed E-state index contributed by atoms with van der Waals surface area (Å²) in [6, 6.07) is 49.2. The first-order chi connectivity index (χ1) is 17.8. The van der Waals surface area contributed by atoms with Crippen LogP contribution < -0.4 is 0 Å². The third-order valence-electron chi connectivity index (χ3n) is 7.82. The Labute approximate surface area is 209 Å². The molecule has 36 heavy (non-hydrogen) atoms. The van der Waals surface area contributed by atoms with Gasteiger partial charge >= 0.3 is 0 Å². The predicted octanol–water partition coefficient (Wildman–Crippen LogP) is 10.3. The van der Waals surface area contributed by atoms with Crippen molar-refractivity contribution in [2.24, 2.45) is 0 Å². The predicted molar refractivity (Wildman–Crippen MR) is 157 cm³/mol. The second-order valence-corrected chi connectivity index (χ2v) is 9.77. The Morgan fingerprint density at radius 2 is 0.556 bits per heavy atom. The summed E-state index contributed by atoms with van der Waals surface area (Å²) in [6.45, 7) is 0. The highest BCUT2D eigenvalue weighted by molar-refractivity contribution is 6.19. The Hall–Kier alpha value is -4.68. The van der Waals surface area contributed by atoms with Crippen molar-refractivity contribution in [1.29, 1.82) is 0 Å². The van der Waals surface area contributed by atoms with Crippen LogP contribution in [0.3, 0.4) is 0 Å². The first kappa shape index (κ1) is 19.6. The van der Waals surface area contributed by atoms with E-state index in [1.165, 1.54) is 75.8 Å². The number of rotatable bonds is 1. The maximum absolute atomic E-state index is 2.33. The third kappa shape index (κ3) is 2.82. The Morgan fingerprint density at radius 3 is 1.00 bits per heavy atom. The summed E-state index contributed by atoms with van der Waals surface area (Å²) >= 11 is 0. The molecule has 0 aliphatic heterocycles. The summed E-state index contributed by atoms with van der Waals surface area (Å²) < 4.78 is 0. The van der Waals surface area contributed by atoms with Crippen LogP contribution in [0.2, 0.25) is 0 Å². The molecule has 0 spiro atoms. The van der Waals surface area contributed by atoms with Crippen molar-refractivity contribution in [3.63, 3.8) is 0 Å². The minimum Gasteiger partial charge on any atom is -0.0616 e. The van der Waals surface area contributed by atoms with Gasteiger partial charge in [-0.2, -0.15) is 0 Å². The molecule has 8 rings (SSSR count). The zero-order valence-electron chi connectivity index (χ0n) is 19.7. The van der Waals surface area contributed by atoms with E-state index in [2.05, 4.69) is 133 Å². The van der Waals surface area contributed by atoms with Crippen molar-refractivity contribution in [3.8, 4) is 11.1 Å². The standard InChI is InChI=1S/C36H22/c1-3-7-29-23(5-1)9-17-35-31-15-11-25(21-27(31)13-19-33(29)35)26-12-16-32-28(22-26)14-20-34-30-8-4-2-6-24(30)10-18-36(32)34/h1-22H. The molecule has 0 atom stereocenters. The molecule has 0 unspecified atom stereocenters. The molecule has 0 aliphatic rings. The molecule has 0 N–H and O–H groups in total. The molecule has 0 saturated carbocycles. The van der Waals surface area contributed by atoms with Crippen LogP contribution in [0.25, 0.3) is 75.8 Å². The summed E-state index contributed by atoms with van der Waals surface area (Å²) in [7, 11) is 0. The molecule has 0 nitrogen and oxygen atoms in total. The van der Waals surface area contributed by atoms with Gasteiger partial charge in [-0.05, 0) is 87.9 Å². The second-order valence-electron chi connectivity index (χ2n) is 9.77. The molecule has 166 valence electrons. The molecule has 0 heterocycles. The maximum Gasteiger partial charge on any atom is -0.00990 e. The summed E-state index contributed by atoms with van der Waals surface area (Å²) in [6.07, 6.45) is 0. The lowest BCUT2D eigenvalue weighted by atomic mass is 9.93. The van der Waals surface area contributed by atoms with Crippen LogP contribution in [0.1, 0.15) is 0 Å². The Bertz CT molecular complexity index is 1990. The Balaban J connectivity index is 1.29. The quantitative estimate of drug-likeness (QED) is 0.216. The minimum absolute atomic E-state index is 1.25. The van der Waals surface area contributed by atoms with Crippen molar-refractivity contribution in [1.82, 2.24) is 0 Å². The SMILES string of the molecule is c1ccc2c(c1)ccc1c3ccc(-c4ccc5c(ccc6c7ccccc7ccc56)c4)cc3ccc21. The van der Waals surface area contributed by atoms with Crippen LogP contribution in [-0.4, -0.2) is 0 Å². The molecule has 0 bridgehead atoms. The van der Waals surface area contributed by atoms with E-state index in [9.17, 15) is 0 Å². The largest absolute Gasteiger partial charge is 0.0616 e. The van der Waals surface area contributed by atoms with E-state index in [0.29, 0.717) is 0 Å². The number of benzene rings is 8. The van der Waals surface area contributed by atoms with E-state index in [1.54, 1.807) is 0 Å². The molecule has 0 fully saturated rings. The van der Waals surface area contributed by atoms with E-state index in [0.717, 1.165) is 0 Å². The zero-order valence-corrected chi connectivity index (χ0v) is 19.7. The van der Waals surface area contributed by atoms with Crippen molar-refractivity contribution in [2.75, 3.05) is 0 Å². The highest BCUT2D eigenvalue weighted by atomic mass is 14.1. The van der Waals surface area contributed by atoms with Gasteiger partial charge in [0.15, 0.2) is 0 Å². The molecule has 8 aromatic carbocycles. The lowest BCUT2D eigenvalue weighted by molar-refractivity contribution is 1.69. The molecule has 0 amide bonds. The van der Waals surface area contributed by atoms with Crippen LogP contribution in [-0.2, 0) is 0 Å². The van der Waals surface area contributed by atoms with Gasteiger partial charge in [-0.1, -0.05) is 121 Å². The fourth-order valence-corrected chi connectivity index (χ4v) is 6.02. The highest BCUT2D eigenvalue weighted by Crippen LogP contribution is 2.36. The molecule has 0 radical (unpaired) electrons. The van der Waals surface area contributed by atoms with Crippen LogP contribution in [0.5, 0.6) is 0 Å². The van der Waals surface area contributed by atoms with E-state index >= 15 is 0 Å². The smallest absolute Gasteiger partial charge is 0.00990 e. The molecular formula is C36H22. The van der Waals surface area contributed by atoms with Gasteiger partial charge in [-0.15, -0.1) is 0 Å². The number of hydrogen-bond donors (Lipinski definition) is 0. The van der Waals surface area contributed by atoms with Crippen molar-refractivity contribution in [3.05, 3.63) is 133 Å². The number of fused-ring (bicyclic) bond motifs is 10. The highest BCUT2D eigenvalue weighted by Gasteiger charge is 2.09. The van der Waals surface area contributed by atoms with Crippen molar-refractivity contribution < 1.29 is 0 Å². The van der Waals surface area contributed by atoms with E-state index in [1.807, 2.05) is 0 Å². The topological polar surface area (TPSA) is 0 Å². The van der Waals surface area contributed by atoms with Gasteiger partial charge in [-0.3, -0.25) is 0 Å². The summed E-state index contributed by atoms with van der Waals surface area (Å²) in [5.41, 5.74) is 2.51. The first-order valence-corrected chi connectivity index (χ1v) is 12.5. The Kier molecular flexibility index (Phi) is 4.03. The van der Waals surface area contributed by atoms with E-state index in [-0.39, 0.29) is 0 Å². The summed E-state index contributed by atoms with van der Waals surface area (Å²) in [4.78, 5) is 0. The van der Waals surface area contributed by atoms with Gasteiger partial charge in [0, 0.05) is 0 Å². The normalized spacial score (nSPS) is 11.9. The first-order valence-electron chi connectivity index (χ1n) is 12.5. The van der Waals surface area contributed by atoms with Gasteiger partial charge in [-0.25, -0.2) is 0 Å². The molecule has 8 aromatic rings. The van der Waals surface area contributed by atoms with Crippen molar-refractivity contribution in [2.45, 2.75) is 0 Å². The summed E-state index contributed by atoms with van der Waals surface area (Å²) in [5.74, 6) is 0. The molecular weight excluding hydrogens is 432 g/mol. The average molecular weight is 455 g/mol. The van der Waals surface area contributed by atoms with Gasteiger partial charge in [0.05, 0.1) is 0 Å². The van der Waals surface area contributed by atoms with Crippen LogP contribution >= 0.6 is 0 Å². The molecule has 0 saturated heterocycles. The fraction of sp³-hybridized carbons (Fsp3) is 0. The van der Waals surface area contributed by atoms with E-state index < -0.39 is 0 Å². The maximum atomic E-state index is 2.33. The number of hydrogen-bond acceptors (Lipinski definition) is 0. The van der Waals surface area contributed by atoms with E-state index in [4.69, 9.17) is 0 Å². The Morgan fingerprint density at radius 1 is 0.222 bits per heavy atom. The molecule has 0 aromatic heterocycles. The van der Waals surface area contributed by atoms with Gasteiger partial charge < -0.3 is 0 Å². The third-order valence-corrected chi connectivity index (χ3v) is 7.82. The van der Waals surface area contributed by atoms with Gasteiger partial charge in [0.2, 0.25) is 0 Å². The molecule has 0 heteroatoms.